The zero-order valence-corrected chi connectivity index (χ0v) is 20.3. The second-order valence-electron chi connectivity index (χ2n) is 9.44. The van der Waals surface area contributed by atoms with Crippen LogP contribution in [0.15, 0.2) is 72.8 Å². The van der Waals surface area contributed by atoms with Gasteiger partial charge in [0, 0.05) is 49.0 Å². The average Bonchev–Trinajstić information content (AvgIpc) is 3.30. The number of aryl methyl sites for hydroxylation is 2. The number of hydrogen-bond acceptors (Lipinski definition) is 3. The Balaban J connectivity index is 1.33. The summed E-state index contributed by atoms with van der Waals surface area (Å²) >= 11 is 0. The lowest BCUT2D eigenvalue weighted by molar-refractivity contribution is -0.132. The lowest BCUT2D eigenvalue weighted by Crippen LogP contribution is -2.49. The van der Waals surface area contributed by atoms with E-state index >= 15 is 0 Å². The van der Waals surface area contributed by atoms with Gasteiger partial charge in [-0.3, -0.25) is 9.48 Å². The summed E-state index contributed by atoms with van der Waals surface area (Å²) in [6.07, 6.45) is 9.24. The summed E-state index contributed by atoms with van der Waals surface area (Å²) < 4.78 is 15.7. The summed E-state index contributed by atoms with van der Waals surface area (Å²) in [7, 11) is 0. The van der Waals surface area contributed by atoms with Crippen molar-refractivity contribution in [2.24, 2.45) is 0 Å². The van der Waals surface area contributed by atoms with Gasteiger partial charge in [0.25, 0.3) is 0 Å². The van der Waals surface area contributed by atoms with E-state index in [2.05, 4.69) is 48.2 Å². The van der Waals surface area contributed by atoms with Crippen molar-refractivity contribution >= 4 is 11.6 Å². The number of anilines is 1. The fourth-order valence-electron chi connectivity index (χ4n) is 4.87. The molecule has 0 radical (unpaired) electrons. The third-order valence-corrected chi connectivity index (χ3v) is 6.91. The maximum Gasteiger partial charge on any atom is 0.244 e. The molecule has 180 valence electrons. The Morgan fingerprint density at radius 3 is 2.57 bits per heavy atom. The van der Waals surface area contributed by atoms with Gasteiger partial charge >= 0.3 is 0 Å². The number of carbonyl (C=O) groups excluding carboxylic acids is 1. The molecule has 0 N–H and O–H groups in total. The van der Waals surface area contributed by atoms with Crippen LogP contribution in [0.5, 0.6) is 0 Å². The molecule has 5 rings (SSSR count). The summed E-state index contributed by atoms with van der Waals surface area (Å²) in [6.45, 7) is 7.08. The molecule has 0 saturated carbocycles. The van der Waals surface area contributed by atoms with Crippen LogP contribution in [-0.2, 0) is 11.3 Å². The molecule has 0 bridgehead atoms. The van der Waals surface area contributed by atoms with E-state index in [9.17, 15) is 9.18 Å². The Hall–Kier alpha value is -3.67. The fraction of sp³-hybridized carbons (Fsp3) is 0.310. The monoisotopic (exact) mass is 470 g/mol. The molecule has 6 heteroatoms. The van der Waals surface area contributed by atoms with Gasteiger partial charge in [-0.15, -0.1) is 0 Å². The third-order valence-electron chi connectivity index (χ3n) is 6.91. The number of hydrogen-bond donors (Lipinski definition) is 0. The number of carbonyl (C=O) groups is 1. The molecule has 0 spiro atoms. The van der Waals surface area contributed by atoms with Crippen LogP contribution in [0.2, 0.25) is 0 Å². The van der Waals surface area contributed by atoms with E-state index in [4.69, 9.17) is 5.10 Å². The topological polar surface area (TPSA) is 41.4 Å². The molecule has 2 heterocycles. The molecule has 1 aliphatic heterocycles. The van der Waals surface area contributed by atoms with Crippen molar-refractivity contribution in [3.63, 3.8) is 0 Å². The van der Waals surface area contributed by atoms with E-state index in [1.165, 1.54) is 17.3 Å². The number of allylic oxidation sites excluding steroid dienone is 4. The minimum absolute atomic E-state index is 0.0791. The number of amides is 1. The maximum absolute atomic E-state index is 13.8. The van der Waals surface area contributed by atoms with Crippen molar-refractivity contribution in [2.45, 2.75) is 32.7 Å². The first-order chi connectivity index (χ1) is 17.0. The Kier molecular flexibility index (Phi) is 6.53. The largest absolute Gasteiger partial charge is 0.368 e. The second-order valence-corrected chi connectivity index (χ2v) is 9.44. The summed E-state index contributed by atoms with van der Waals surface area (Å²) in [4.78, 5) is 17.6. The Morgan fingerprint density at radius 1 is 1.03 bits per heavy atom. The predicted molar refractivity (Wildman–Crippen MR) is 138 cm³/mol. The Bertz CT molecular complexity index is 1280. The zero-order chi connectivity index (χ0) is 24.4. The van der Waals surface area contributed by atoms with E-state index in [0.717, 1.165) is 36.5 Å². The minimum Gasteiger partial charge on any atom is -0.368 e. The highest BCUT2D eigenvalue weighted by Crippen LogP contribution is 2.30. The molecule has 2 aromatic carbocycles. The Morgan fingerprint density at radius 2 is 1.86 bits per heavy atom. The molecule has 1 amide bonds. The molecule has 5 nitrogen and oxygen atoms in total. The SMILES string of the molecule is Cc1cccc(N2CCN(C(=O)Cn3nc(-c4ccc(F)c(C)c4)cc3C3C=CC=CC3)CC2)c1. The molecular formula is C29H31FN4O. The molecule has 35 heavy (non-hydrogen) atoms. The first-order valence-electron chi connectivity index (χ1n) is 12.2. The van der Waals surface area contributed by atoms with Crippen LogP contribution >= 0.6 is 0 Å². The zero-order valence-electron chi connectivity index (χ0n) is 20.3. The average molecular weight is 471 g/mol. The van der Waals surface area contributed by atoms with Gasteiger partial charge in [-0.05, 0) is 67.8 Å². The van der Waals surface area contributed by atoms with E-state index in [0.29, 0.717) is 18.7 Å². The van der Waals surface area contributed by atoms with Gasteiger partial charge in [0.1, 0.15) is 12.4 Å². The van der Waals surface area contributed by atoms with Gasteiger partial charge in [0.15, 0.2) is 0 Å². The highest BCUT2D eigenvalue weighted by atomic mass is 19.1. The van der Waals surface area contributed by atoms with Crippen LogP contribution in [0.4, 0.5) is 10.1 Å². The quantitative estimate of drug-likeness (QED) is 0.511. The standard InChI is InChI=1S/C29H31FN4O/c1-21-7-6-10-25(17-21)32-13-15-33(16-14-32)29(35)20-34-28(23-8-4-3-5-9-23)19-27(31-34)24-11-12-26(30)22(2)18-24/h3-8,10-12,17-19,23H,9,13-16,20H2,1-2H3. The van der Waals surface area contributed by atoms with Gasteiger partial charge in [0.2, 0.25) is 5.91 Å². The summed E-state index contributed by atoms with van der Waals surface area (Å²) in [6, 6.07) is 15.6. The molecule has 3 aromatic rings. The fourth-order valence-corrected chi connectivity index (χ4v) is 4.87. The van der Waals surface area contributed by atoms with E-state index in [-0.39, 0.29) is 24.2 Å². The lowest BCUT2D eigenvalue weighted by atomic mass is 9.96. The lowest BCUT2D eigenvalue weighted by Gasteiger charge is -2.36. The molecule has 1 unspecified atom stereocenters. The number of nitrogens with zero attached hydrogens (tertiary/aromatic N) is 4. The maximum atomic E-state index is 13.8. The van der Waals surface area contributed by atoms with Gasteiger partial charge in [-0.2, -0.15) is 5.10 Å². The van der Waals surface area contributed by atoms with Crippen LogP contribution in [0.25, 0.3) is 11.3 Å². The second kappa shape index (κ2) is 9.90. The number of halogens is 1. The summed E-state index contributed by atoms with van der Waals surface area (Å²) in [5, 5.41) is 4.81. The van der Waals surface area contributed by atoms with E-state index in [1.54, 1.807) is 13.0 Å². The summed E-state index contributed by atoms with van der Waals surface area (Å²) in [5.41, 5.74) is 5.67. The van der Waals surface area contributed by atoms with Crippen molar-refractivity contribution in [1.29, 1.82) is 0 Å². The smallest absolute Gasteiger partial charge is 0.244 e. The number of rotatable bonds is 5. The van der Waals surface area contributed by atoms with Crippen LogP contribution in [0.1, 0.15) is 29.2 Å². The normalized spacial score (nSPS) is 17.7. The van der Waals surface area contributed by atoms with Crippen LogP contribution in [0.3, 0.4) is 0 Å². The van der Waals surface area contributed by atoms with Gasteiger partial charge in [-0.1, -0.05) is 36.4 Å². The van der Waals surface area contributed by atoms with Crippen molar-refractivity contribution in [1.82, 2.24) is 14.7 Å². The minimum atomic E-state index is -0.228. The summed E-state index contributed by atoms with van der Waals surface area (Å²) in [5.74, 6) is 0.0120. The van der Waals surface area contributed by atoms with Crippen molar-refractivity contribution in [3.8, 4) is 11.3 Å². The van der Waals surface area contributed by atoms with E-state index < -0.39 is 0 Å². The van der Waals surface area contributed by atoms with Crippen LogP contribution in [0, 0.1) is 19.7 Å². The number of aromatic nitrogens is 2. The first kappa shape index (κ1) is 23.1. The molecule has 1 atom stereocenters. The highest BCUT2D eigenvalue weighted by molar-refractivity contribution is 5.76. The highest BCUT2D eigenvalue weighted by Gasteiger charge is 2.24. The first-order valence-corrected chi connectivity index (χ1v) is 12.2. The van der Waals surface area contributed by atoms with Gasteiger partial charge in [-0.25, -0.2) is 4.39 Å². The van der Waals surface area contributed by atoms with E-state index in [1.807, 2.05) is 33.9 Å². The third kappa shape index (κ3) is 5.06. The van der Waals surface area contributed by atoms with Crippen molar-refractivity contribution in [3.05, 3.63) is 95.5 Å². The van der Waals surface area contributed by atoms with Crippen LogP contribution in [-0.4, -0.2) is 46.8 Å². The Labute approximate surface area is 206 Å². The molecule has 1 saturated heterocycles. The molecule has 2 aliphatic rings. The molecule has 1 fully saturated rings. The molecular weight excluding hydrogens is 439 g/mol. The van der Waals surface area contributed by atoms with Crippen LogP contribution < -0.4 is 4.90 Å². The van der Waals surface area contributed by atoms with Crippen molar-refractivity contribution < 1.29 is 9.18 Å². The number of benzene rings is 2. The van der Waals surface area contributed by atoms with Crippen molar-refractivity contribution in [2.75, 3.05) is 31.1 Å². The van der Waals surface area contributed by atoms with Gasteiger partial charge < -0.3 is 9.80 Å². The predicted octanol–water partition coefficient (Wildman–Crippen LogP) is 5.25. The molecule has 1 aliphatic carbocycles. The van der Waals surface area contributed by atoms with Gasteiger partial charge in [0.05, 0.1) is 5.69 Å². The molecule has 1 aromatic heterocycles. The number of piperazine rings is 1.